The zero-order valence-corrected chi connectivity index (χ0v) is 11.6. The van der Waals surface area contributed by atoms with E-state index in [2.05, 4.69) is 35.3 Å². The number of nitrogens with one attached hydrogen (secondary N) is 1. The molecule has 3 nitrogen and oxygen atoms in total. The normalized spacial score (nSPS) is 23.4. The minimum absolute atomic E-state index is 0.569. The van der Waals surface area contributed by atoms with Gasteiger partial charge in [-0.05, 0) is 51.9 Å². The number of anilines is 1. The van der Waals surface area contributed by atoms with Crippen molar-refractivity contribution < 1.29 is 4.74 Å². The molecule has 0 aromatic heterocycles. The molecule has 1 fully saturated rings. The Labute approximate surface area is 110 Å². The minimum atomic E-state index is 0.569. The summed E-state index contributed by atoms with van der Waals surface area (Å²) in [4.78, 5) is 2.48. The van der Waals surface area contributed by atoms with Gasteiger partial charge in [0.2, 0.25) is 0 Å². The van der Waals surface area contributed by atoms with E-state index in [9.17, 15) is 0 Å². The van der Waals surface area contributed by atoms with Gasteiger partial charge in [0, 0.05) is 12.6 Å². The summed E-state index contributed by atoms with van der Waals surface area (Å²) in [5.74, 6) is 1.74. The SMILES string of the molecule is CCOc1ccccc1N1CCC(CNC)C1C. The highest BCUT2D eigenvalue weighted by Gasteiger charge is 2.31. The molecule has 1 aromatic carbocycles. The Bertz CT molecular complexity index is 381. The summed E-state index contributed by atoms with van der Waals surface area (Å²) >= 11 is 0. The lowest BCUT2D eigenvalue weighted by Crippen LogP contribution is -2.33. The number of para-hydroxylation sites is 2. The lowest BCUT2D eigenvalue weighted by molar-refractivity contribution is 0.340. The van der Waals surface area contributed by atoms with Crippen LogP contribution in [0.3, 0.4) is 0 Å². The van der Waals surface area contributed by atoms with Gasteiger partial charge in [-0.2, -0.15) is 0 Å². The van der Waals surface area contributed by atoms with E-state index in [-0.39, 0.29) is 0 Å². The Morgan fingerprint density at radius 3 is 2.89 bits per heavy atom. The van der Waals surface area contributed by atoms with E-state index >= 15 is 0 Å². The molecule has 0 amide bonds. The van der Waals surface area contributed by atoms with Gasteiger partial charge in [0.15, 0.2) is 0 Å². The molecule has 18 heavy (non-hydrogen) atoms. The summed E-state index contributed by atoms with van der Waals surface area (Å²) < 4.78 is 5.74. The molecule has 1 heterocycles. The lowest BCUT2D eigenvalue weighted by atomic mass is 10.0. The second-order valence-corrected chi connectivity index (χ2v) is 4.94. The molecule has 1 aromatic rings. The summed E-state index contributed by atoms with van der Waals surface area (Å²) in [6.07, 6.45) is 1.25. The van der Waals surface area contributed by atoms with Crippen LogP contribution in [0.2, 0.25) is 0 Å². The maximum Gasteiger partial charge on any atom is 0.142 e. The first kappa shape index (κ1) is 13.2. The predicted octanol–water partition coefficient (Wildman–Crippen LogP) is 2.52. The monoisotopic (exact) mass is 248 g/mol. The van der Waals surface area contributed by atoms with E-state index in [1.54, 1.807) is 0 Å². The molecular formula is C15H24N2O. The summed E-state index contributed by atoms with van der Waals surface area (Å²) in [5, 5.41) is 3.29. The van der Waals surface area contributed by atoms with E-state index in [1.807, 2.05) is 20.0 Å². The summed E-state index contributed by atoms with van der Waals surface area (Å²) in [5.41, 5.74) is 1.24. The summed E-state index contributed by atoms with van der Waals surface area (Å²) in [6, 6.07) is 8.94. The van der Waals surface area contributed by atoms with Gasteiger partial charge in [-0.25, -0.2) is 0 Å². The van der Waals surface area contributed by atoms with E-state index in [0.717, 1.165) is 31.4 Å². The van der Waals surface area contributed by atoms with Crippen LogP contribution < -0.4 is 15.0 Å². The minimum Gasteiger partial charge on any atom is -0.492 e. The maximum atomic E-state index is 5.74. The molecule has 2 atom stereocenters. The van der Waals surface area contributed by atoms with Crippen LogP contribution in [-0.2, 0) is 0 Å². The molecule has 0 spiro atoms. The molecule has 1 N–H and O–H groups in total. The highest BCUT2D eigenvalue weighted by molar-refractivity contribution is 5.59. The van der Waals surface area contributed by atoms with Crippen molar-refractivity contribution in [2.45, 2.75) is 26.3 Å². The van der Waals surface area contributed by atoms with E-state index < -0.39 is 0 Å². The number of benzene rings is 1. The second-order valence-electron chi connectivity index (χ2n) is 4.94. The number of nitrogens with zero attached hydrogens (tertiary/aromatic N) is 1. The Kier molecular flexibility index (Phi) is 4.48. The number of ether oxygens (including phenoxy) is 1. The highest BCUT2D eigenvalue weighted by atomic mass is 16.5. The molecular weight excluding hydrogens is 224 g/mol. The Balaban J connectivity index is 2.17. The third-order valence-electron chi connectivity index (χ3n) is 3.86. The molecule has 1 aliphatic heterocycles. The van der Waals surface area contributed by atoms with Crippen molar-refractivity contribution in [3.8, 4) is 5.75 Å². The Morgan fingerprint density at radius 1 is 1.39 bits per heavy atom. The van der Waals surface area contributed by atoms with Gasteiger partial charge in [-0.3, -0.25) is 0 Å². The largest absolute Gasteiger partial charge is 0.492 e. The van der Waals surface area contributed by atoms with Crippen molar-refractivity contribution in [2.24, 2.45) is 5.92 Å². The topological polar surface area (TPSA) is 24.5 Å². The average Bonchev–Trinajstić information content (AvgIpc) is 2.73. The van der Waals surface area contributed by atoms with Gasteiger partial charge in [0.25, 0.3) is 0 Å². The van der Waals surface area contributed by atoms with Crippen LogP contribution in [0, 0.1) is 5.92 Å². The van der Waals surface area contributed by atoms with Gasteiger partial charge in [0.1, 0.15) is 5.75 Å². The third kappa shape index (κ3) is 2.61. The van der Waals surface area contributed by atoms with E-state index in [0.29, 0.717) is 6.04 Å². The molecule has 0 aliphatic carbocycles. The molecule has 2 rings (SSSR count). The fraction of sp³-hybridized carbons (Fsp3) is 0.600. The summed E-state index contributed by atoms with van der Waals surface area (Å²) in [7, 11) is 2.03. The molecule has 1 saturated heterocycles. The second kappa shape index (κ2) is 6.10. The van der Waals surface area contributed by atoms with Gasteiger partial charge in [0.05, 0.1) is 12.3 Å². The van der Waals surface area contributed by atoms with Crippen molar-refractivity contribution in [1.29, 1.82) is 0 Å². The zero-order chi connectivity index (χ0) is 13.0. The average molecular weight is 248 g/mol. The molecule has 2 unspecified atom stereocenters. The van der Waals surface area contributed by atoms with Crippen molar-refractivity contribution in [2.75, 3.05) is 31.6 Å². The van der Waals surface area contributed by atoms with Gasteiger partial charge < -0.3 is 15.0 Å². The van der Waals surface area contributed by atoms with Crippen LogP contribution in [-0.4, -0.2) is 32.8 Å². The molecule has 0 radical (unpaired) electrons. The highest BCUT2D eigenvalue weighted by Crippen LogP contribution is 2.35. The number of rotatable bonds is 5. The predicted molar refractivity (Wildman–Crippen MR) is 76.5 cm³/mol. The molecule has 100 valence electrons. The molecule has 0 bridgehead atoms. The maximum absolute atomic E-state index is 5.74. The number of hydrogen-bond acceptors (Lipinski definition) is 3. The van der Waals surface area contributed by atoms with Gasteiger partial charge >= 0.3 is 0 Å². The van der Waals surface area contributed by atoms with Crippen LogP contribution in [0.15, 0.2) is 24.3 Å². The number of hydrogen-bond donors (Lipinski definition) is 1. The first-order valence-corrected chi connectivity index (χ1v) is 6.91. The first-order valence-electron chi connectivity index (χ1n) is 6.91. The van der Waals surface area contributed by atoms with Crippen LogP contribution in [0.1, 0.15) is 20.3 Å². The van der Waals surface area contributed by atoms with E-state index in [4.69, 9.17) is 4.74 Å². The quantitative estimate of drug-likeness (QED) is 0.866. The van der Waals surface area contributed by atoms with E-state index in [1.165, 1.54) is 12.1 Å². The smallest absolute Gasteiger partial charge is 0.142 e. The van der Waals surface area contributed by atoms with Crippen molar-refractivity contribution in [1.82, 2.24) is 5.32 Å². The van der Waals surface area contributed by atoms with Gasteiger partial charge in [-0.1, -0.05) is 12.1 Å². The van der Waals surface area contributed by atoms with Crippen LogP contribution in [0.25, 0.3) is 0 Å². The van der Waals surface area contributed by atoms with Gasteiger partial charge in [-0.15, -0.1) is 0 Å². The lowest BCUT2D eigenvalue weighted by Gasteiger charge is -2.28. The van der Waals surface area contributed by atoms with Crippen molar-refractivity contribution >= 4 is 5.69 Å². The summed E-state index contributed by atoms with van der Waals surface area (Å²) in [6.45, 7) is 7.29. The fourth-order valence-corrected chi connectivity index (χ4v) is 2.85. The Hall–Kier alpha value is -1.22. The third-order valence-corrected chi connectivity index (χ3v) is 3.86. The van der Waals surface area contributed by atoms with Crippen LogP contribution >= 0.6 is 0 Å². The molecule has 0 saturated carbocycles. The first-order chi connectivity index (χ1) is 8.77. The van der Waals surface area contributed by atoms with Crippen LogP contribution in [0.4, 0.5) is 5.69 Å². The standard InChI is InChI=1S/C15H24N2O/c1-4-18-15-8-6-5-7-14(15)17-10-9-13(11-16-3)12(17)2/h5-8,12-13,16H,4,9-11H2,1-3H3. The van der Waals surface area contributed by atoms with Crippen molar-refractivity contribution in [3.63, 3.8) is 0 Å². The Morgan fingerprint density at radius 2 is 2.17 bits per heavy atom. The fourth-order valence-electron chi connectivity index (χ4n) is 2.85. The van der Waals surface area contributed by atoms with Crippen LogP contribution in [0.5, 0.6) is 5.75 Å². The van der Waals surface area contributed by atoms with Crippen molar-refractivity contribution in [3.05, 3.63) is 24.3 Å². The molecule has 3 heteroatoms. The zero-order valence-electron chi connectivity index (χ0n) is 11.6. The molecule has 1 aliphatic rings.